The first-order valence-corrected chi connectivity index (χ1v) is 3.80. The van der Waals surface area contributed by atoms with Crippen molar-refractivity contribution in [2.75, 3.05) is 6.67 Å². The van der Waals surface area contributed by atoms with Gasteiger partial charge in [-0.05, 0) is 12.8 Å². The second kappa shape index (κ2) is 1.87. The van der Waals surface area contributed by atoms with Gasteiger partial charge in [0.05, 0.1) is 16.1 Å². The number of hydrogen-bond donors (Lipinski definition) is 0. The summed E-state index contributed by atoms with van der Waals surface area (Å²) in [6, 6.07) is 0.740. The second-order valence-corrected chi connectivity index (χ2v) is 3.35. The van der Waals surface area contributed by atoms with Crippen LogP contribution >= 0.6 is 16.1 Å². The summed E-state index contributed by atoms with van der Waals surface area (Å²) in [7, 11) is 0. The van der Waals surface area contributed by atoms with Gasteiger partial charge in [-0.3, -0.25) is 8.93 Å². The first kappa shape index (κ1) is 5.53. The van der Waals surface area contributed by atoms with Crippen LogP contribution in [0.5, 0.6) is 0 Å². The number of rotatable bonds is 1. The van der Waals surface area contributed by atoms with Crippen molar-refractivity contribution in [3.8, 4) is 0 Å². The van der Waals surface area contributed by atoms with E-state index in [-0.39, 0.29) is 0 Å². The van der Waals surface area contributed by atoms with Gasteiger partial charge in [-0.15, -0.1) is 0 Å². The maximum Gasteiger partial charge on any atom is 0.123 e. The lowest BCUT2D eigenvalue weighted by Gasteiger charge is -2.12. The molecule has 2 aliphatic rings. The van der Waals surface area contributed by atoms with Crippen molar-refractivity contribution in [2.24, 2.45) is 5.10 Å². The second-order valence-electron chi connectivity index (χ2n) is 2.44. The highest BCUT2D eigenvalue weighted by Gasteiger charge is 2.30. The van der Waals surface area contributed by atoms with E-state index in [0.717, 1.165) is 12.7 Å². The molecule has 0 saturated heterocycles. The zero-order valence-electron chi connectivity index (χ0n) is 5.00. The SMILES string of the molecule is BrN1C=NN(C2CC2)C1. The summed E-state index contributed by atoms with van der Waals surface area (Å²) < 4.78 is 1.91. The Balaban J connectivity index is 1.94. The molecule has 1 fully saturated rings. The Bertz CT molecular complexity index is 143. The Morgan fingerprint density at radius 1 is 1.56 bits per heavy atom. The van der Waals surface area contributed by atoms with Crippen LogP contribution in [0.3, 0.4) is 0 Å². The molecular formula is C5H8BrN3. The van der Waals surface area contributed by atoms with Gasteiger partial charge in [0.2, 0.25) is 0 Å². The standard InChI is InChI=1S/C5H8BrN3/c6-8-3-7-9(4-8)5-1-2-5/h3,5H,1-2,4H2. The van der Waals surface area contributed by atoms with Crippen LogP contribution in [-0.2, 0) is 0 Å². The molecule has 0 aromatic carbocycles. The van der Waals surface area contributed by atoms with Crippen molar-refractivity contribution >= 4 is 22.5 Å². The van der Waals surface area contributed by atoms with Gasteiger partial charge in [0.25, 0.3) is 0 Å². The third-order valence-electron chi connectivity index (χ3n) is 1.57. The first-order valence-electron chi connectivity index (χ1n) is 3.09. The van der Waals surface area contributed by atoms with Gasteiger partial charge in [-0.25, -0.2) is 0 Å². The van der Waals surface area contributed by atoms with Gasteiger partial charge in [-0.1, -0.05) is 0 Å². The first-order chi connectivity index (χ1) is 4.36. The molecule has 0 aromatic heterocycles. The van der Waals surface area contributed by atoms with Crippen molar-refractivity contribution in [3.05, 3.63) is 0 Å². The number of hydrazone groups is 1. The highest BCUT2D eigenvalue weighted by Crippen LogP contribution is 2.28. The molecule has 0 radical (unpaired) electrons. The highest BCUT2D eigenvalue weighted by atomic mass is 79.9. The summed E-state index contributed by atoms with van der Waals surface area (Å²) in [5, 5.41) is 6.27. The molecule has 1 saturated carbocycles. The molecule has 2 rings (SSSR count). The van der Waals surface area contributed by atoms with Gasteiger partial charge in [-0.2, -0.15) is 5.10 Å². The van der Waals surface area contributed by atoms with Crippen LogP contribution in [0.2, 0.25) is 0 Å². The Hall–Kier alpha value is -0.250. The van der Waals surface area contributed by atoms with Gasteiger partial charge >= 0.3 is 0 Å². The van der Waals surface area contributed by atoms with Gasteiger partial charge < -0.3 is 0 Å². The van der Waals surface area contributed by atoms with E-state index < -0.39 is 0 Å². The molecule has 50 valence electrons. The van der Waals surface area contributed by atoms with Crippen LogP contribution < -0.4 is 0 Å². The number of hydrogen-bond acceptors (Lipinski definition) is 3. The fourth-order valence-electron chi connectivity index (χ4n) is 0.916. The molecule has 0 bridgehead atoms. The van der Waals surface area contributed by atoms with Crippen LogP contribution in [0.15, 0.2) is 5.10 Å². The lowest BCUT2D eigenvalue weighted by atomic mass is 10.7. The molecular weight excluding hydrogens is 182 g/mol. The summed E-state index contributed by atoms with van der Waals surface area (Å²) >= 11 is 3.32. The Labute approximate surface area is 62.7 Å². The fourth-order valence-corrected chi connectivity index (χ4v) is 1.23. The van der Waals surface area contributed by atoms with Gasteiger partial charge in [0.15, 0.2) is 0 Å². The van der Waals surface area contributed by atoms with Crippen LogP contribution in [0, 0.1) is 0 Å². The number of halogens is 1. The minimum Gasteiger partial charge on any atom is -0.277 e. The van der Waals surface area contributed by atoms with E-state index in [1.165, 1.54) is 12.8 Å². The average molecular weight is 190 g/mol. The molecule has 3 nitrogen and oxygen atoms in total. The Morgan fingerprint density at radius 2 is 2.33 bits per heavy atom. The van der Waals surface area contributed by atoms with Crippen LogP contribution in [0.1, 0.15) is 12.8 Å². The lowest BCUT2D eigenvalue weighted by molar-refractivity contribution is 0.273. The summed E-state index contributed by atoms with van der Waals surface area (Å²) in [4.78, 5) is 0. The van der Waals surface area contributed by atoms with E-state index in [2.05, 4.69) is 26.3 Å². The predicted octanol–water partition coefficient (Wildman–Crippen LogP) is 0.977. The molecule has 0 amide bonds. The van der Waals surface area contributed by atoms with E-state index in [1.54, 1.807) is 6.34 Å². The topological polar surface area (TPSA) is 18.8 Å². The van der Waals surface area contributed by atoms with E-state index in [1.807, 2.05) is 3.93 Å². The smallest absolute Gasteiger partial charge is 0.123 e. The third-order valence-corrected chi connectivity index (χ3v) is 1.98. The van der Waals surface area contributed by atoms with E-state index in [9.17, 15) is 0 Å². The molecule has 0 aromatic rings. The molecule has 1 aliphatic heterocycles. The molecule has 0 N–H and O–H groups in total. The maximum atomic E-state index is 4.17. The van der Waals surface area contributed by atoms with Crippen LogP contribution in [-0.4, -0.2) is 28.0 Å². The molecule has 9 heavy (non-hydrogen) atoms. The zero-order valence-corrected chi connectivity index (χ0v) is 6.58. The molecule has 1 heterocycles. The largest absolute Gasteiger partial charge is 0.277 e. The summed E-state index contributed by atoms with van der Waals surface area (Å²) in [5.41, 5.74) is 0. The zero-order chi connectivity index (χ0) is 6.27. The summed E-state index contributed by atoms with van der Waals surface area (Å²) in [6.07, 6.45) is 4.44. The van der Waals surface area contributed by atoms with Crippen molar-refractivity contribution in [2.45, 2.75) is 18.9 Å². The summed E-state index contributed by atoms with van der Waals surface area (Å²) in [5.74, 6) is 0. The maximum absolute atomic E-state index is 4.17. The minimum atomic E-state index is 0.740. The quantitative estimate of drug-likeness (QED) is 0.574. The van der Waals surface area contributed by atoms with Crippen molar-refractivity contribution in [3.63, 3.8) is 0 Å². The molecule has 4 heteroatoms. The minimum absolute atomic E-state index is 0.740. The predicted molar refractivity (Wildman–Crippen MR) is 39.0 cm³/mol. The highest BCUT2D eigenvalue weighted by molar-refractivity contribution is 9.07. The third kappa shape index (κ3) is 1.03. The normalized spacial score (nSPS) is 25.9. The fraction of sp³-hybridized carbons (Fsp3) is 0.800. The van der Waals surface area contributed by atoms with Crippen LogP contribution in [0.25, 0.3) is 0 Å². The van der Waals surface area contributed by atoms with E-state index >= 15 is 0 Å². The van der Waals surface area contributed by atoms with E-state index in [4.69, 9.17) is 0 Å². The lowest BCUT2D eigenvalue weighted by Crippen LogP contribution is -2.21. The molecule has 0 spiro atoms. The number of nitrogens with zero attached hydrogens (tertiary/aromatic N) is 3. The monoisotopic (exact) mass is 189 g/mol. The van der Waals surface area contributed by atoms with Crippen molar-refractivity contribution in [1.29, 1.82) is 0 Å². The van der Waals surface area contributed by atoms with E-state index in [0.29, 0.717) is 0 Å². The Kier molecular flexibility index (Phi) is 1.15. The van der Waals surface area contributed by atoms with Gasteiger partial charge in [0.1, 0.15) is 13.0 Å². The Morgan fingerprint density at radius 3 is 2.78 bits per heavy atom. The molecule has 0 unspecified atom stereocenters. The van der Waals surface area contributed by atoms with Crippen molar-refractivity contribution in [1.82, 2.24) is 8.93 Å². The average Bonchev–Trinajstić information content (AvgIpc) is 2.58. The summed E-state index contributed by atoms with van der Waals surface area (Å²) in [6.45, 7) is 0.907. The molecule has 0 atom stereocenters. The van der Waals surface area contributed by atoms with Crippen molar-refractivity contribution < 1.29 is 0 Å². The van der Waals surface area contributed by atoms with Crippen LogP contribution in [0.4, 0.5) is 0 Å². The molecule has 1 aliphatic carbocycles. The van der Waals surface area contributed by atoms with Gasteiger partial charge in [0, 0.05) is 6.04 Å².